The molecule has 0 N–H and O–H groups in total. The number of ether oxygens (including phenoxy) is 1. The molecule has 0 fully saturated rings. The largest absolute Gasteiger partial charge is 0.456 e. The average molecular weight is 333 g/mol. The van der Waals surface area contributed by atoms with Crippen molar-refractivity contribution in [1.29, 1.82) is 0 Å². The van der Waals surface area contributed by atoms with E-state index in [9.17, 15) is 0 Å². The lowest BCUT2D eigenvalue weighted by atomic mass is 9.74. The Kier molecular flexibility index (Phi) is 2.77. The quantitative estimate of drug-likeness (QED) is 0.556. The smallest absolute Gasteiger partial charge is 0.216 e. The van der Waals surface area contributed by atoms with Gasteiger partial charge in [-0.2, -0.15) is 0 Å². The predicted molar refractivity (Wildman–Crippen MR) is 101 cm³/mol. The van der Waals surface area contributed by atoms with Gasteiger partial charge in [0.25, 0.3) is 0 Å². The van der Waals surface area contributed by atoms with Crippen LogP contribution < -0.4 is 9.30 Å². The van der Waals surface area contributed by atoms with Gasteiger partial charge in [-0.1, -0.05) is 44.2 Å². The van der Waals surface area contributed by atoms with E-state index in [0.717, 1.165) is 33.9 Å². The number of rotatable bonds is 1. The van der Waals surface area contributed by atoms with Gasteiger partial charge in [-0.25, -0.2) is 4.57 Å². The highest BCUT2D eigenvalue weighted by atomic mass is 16.5. The predicted octanol–water partition coefficient (Wildman–Crippen LogP) is 5.23. The lowest BCUT2D eigenvalue weighted by molar-refractivity contribution is -0.660. The molecule has 25 heavy (non-hydrogen) atoms. The van der Waals surface area contributed by atoms with Gasteiger partial charge in [0, 0.05) is 32.3 Å². The summed E-state index contributed by atoms with van der Waals surface area (Å²) < 4.78 is 31.3. The maximum absolute atomic E-state index is 7.67. The number of fused-ring (bicyclic) bond motifs is 2. The van der Waals surface area contributed by atoms with Gasteiger partial charge in [0.1, 0.15) is 18.5 Å². The molecule has 0 bridgehead atoms. The van der Waals surface area contributed by atoms with Crippen molar-refractivity contribution in [2.75, 3.05) is 0 Å². The molecule has 1 aromatic heterocycles. The van der Waals surface area contributed by atoms with Crippen LogP contribution in [-0.2, 0) is 12.5 Å². The second-order valence-electron chi connectivity index (χ2n) is 7.27. The van der Waals surface area contributed by atoms with Crippen molar-refractivity contribution in [1.82, 2.24) is 0 Å². The molecule has 0 radical (unpaired) electrons. The standard InChI is InChI=1S/C23H24NO/c1-15-10-13-19(24(5)14-15)21-16(2)11-12-18-22(21)25-20-9-7-6-8-17(20)23(18,3)4/h6-14H,1-5H3/q+1/i1D3. The fourth-order valence-corrected chi connectivity index (χ4v) is 3.79. The molecule has 3 aromatic rings. The Hall–Kier alpha value is -2.61. The molecule has 2 aromatic carbocycles. The fourth-order valence-electron chi connectivity index (χ4n) is 3.79. The number of aromatic nitrogens is 1. The normalized spacial score (nSPS) is 16.7. The minimum Gasteiger partial charge on any atom is -0.456 e. The second kappa shape index (κ2) is 5.45. The van der Waals surface area contributed by atoms with Crippen molar-refractivity contribution in [3.63, 3.8) is 0 Å². The molecular weight excluding hydrogens is 306 g/mol. The number of benzene rings is 2. The second-order valence-corrected chi connectivity index (χ2v) is 7.27. The lowest BCUT2D eigenvalue weighted by Gasteiger charge is -2.35. The van der Waals surface area contributed by atoms with Crippen LogP contribution in [0.3, 0.4) is 0 Å². The Morgan fingerprint density at radius 3 is 2.56 bits per heavy atom. The molecule has 0 atom stereocenters. The third-order valence-electron chi connectivity index (χ3n) is 5.20. The lowest BCUT2D eigenvalue weighted by Crippen LogP contribution is -2.32. The van der Waals surface area contributed by atoms with Crippen molar-refractivity contribution >= 4 is 0 Å². The van der Waals surface area contributed by atoms with Crippen molar-refractivity contribution in [2.45, 2.75) is 33.0 Å². The molecule has 0 spiro atoms. The van der Waals surface area contributed by atoms with E-state index in [-0.39, 0.29) is 5.41 Å². The first kappa shape index (κ1) is 12.7. The fraction of sp³-hybridized carbons (Fsp3) is 0.261. The van der Waals surface area contributed by atoms with Gasteiger partial charge in [-0.3, -0.25) is 0 Å². The first-order valence-corrected chi connectivity index (χ1v) is 8.52. The Labute approximate surface area is 153 Å². The summed E-state index contributed by atoms with van der Waals surface area (Å²) in [5.74, 6) is 1.72. The number of aryl methyl sites for hydroxylation is 3. The van der Waals surface area contributed by atoms with Crippen LogP contribution in [0.25, 0.3) is 11.3 Å². The van der Waals surface area contributed by atoms with E-state index in [1.807, 2.05) is 35.9 Å². The molecule has 4 rings (SSSR count). The van der Waals surface area contributed by atoms with Gasteiger partial charge in [0.05, 0.1) is 5.56 Å². The van der Waals surface area contributed by atoms with Crippen LogP contribution in [0, 0.1) is 13.8 Å². The zero-order valence-electron chi connectivity index (χ0n) is 18.1. The van der Waals surface area contributed by atoms with Crippen LogP contribution in [0.4, 0.5) is 0 Å². The molecule has 0 unspecified atom stereocenters. The Morgan fingerprint density at radius 1 is 1.00 bits per heavy atom. The number of nitrogens with zero attached hydrogens (tertiary/aromatic N) is 1. The molecule has 1 aliphatic heterocycles. The van der Waals surface area contributed by atoms with Gasteiger partial charge in [-0.05, 0) is 31.5 Å². The Morgan fingerprint density at radius 2 is 1.80 bits per heavy atom. The zero-order chi connectivity index (χ0) is 20.3. The molecule has 126 valence electrons. The van der Waals surface area contributed by atoms with E-state index in [0.29, 0.717) is 5.56 Å². The topological polar surface area (TPSA) is 13.1 Å². The van der Waals surface area contributed by atoms with Crippen LogP contribution in [0.15, 0.2) is 54.7 Å². The van der Waals surface area contributed by atoms with Crippen LogP contribution >= 0.6 is 0 Å². The number of hydrogen-bond donors (Lipinski definition) is 0. The summed E-state index contributed by atoms with van der Waals surface area (Å²) in [6.07, 6.45) is 1.68. The van der Waals surface area contributed by atoms with Crippen LogP contribution in [-0.4, -0.2) is 0 Å². The maximum atomic E-state index is 7.67. The number of pyridine rings is 1. The molecule has 2 heterocycles. The monoisotopic (exact) mass is 333 g/mol. The van der Waals surface area contributed by atoms with Gasteiger partial charge >= 0.3 is 0 Å². The molecule has 0 saturated carbocycles. The molecule has 0 aliphatic carbocycles. The molecule has 1 aliphatic rings. The van der Waals surface area contributed by atoms with E-state index in [1.165, 1.54) is 5.56 Å². The average Bonchev–Trinajstić information content (AvgIpc) is 2.61. The van der Waals surface area contributed by atoms with Crippen LogP contribution in [0.5, 0.6) is 11.5 Å². The van der Waals surface area contributed by atoms with Crippen molar-refractivity contribution in [3.8, 4) is 22.8 Å². The molecule has 2 nitrogen and oxygen atoms in total. The summed E-state index contributed by atoms with van der Waals surface area (Å²) in [7, 11) is 1.88. The minimum absolute atomic E-state index is 0.191. The highest BCUT2D eigenvalue weighted by molar-refractivity contribution is 5.75. The summed E-state index contributed by atoms with van der Waals surface area (Å²) in [5, 5.41) is 0. The van der Waals surface area contributed by atoms with Crippen molar-refractivity contribution in [3.05, 3.63) is 77.0 Å². The first-order chi connectivity index (χ1) is 13.1. The maximum Gasteiger partial charge on any atom is 0.216 e. The summed E-state index contributed by atoms with van der Waals surface area (Å²) in [5.41, 5.74) is 5.45. The molecular formula is C23H24NO+. The van der Waals surface area contributed by atoms with Crippen LogP contribution in [0.2, 0.25) is 0 Å². The third kappa shape index (κ3) is 2.36. The van der Waals surface area contributed by atoms with Gasteiger partial charge in [0.15, 0.2) is 6.20 Å². The number of hydrogen-bond acceptors (Lipinski definition) is 1. The zero-order valence-corrected chi connectivity index (χ0v) is 15.1. The van der Waals surface area contributed by atoms with E-state index >= 15 is 0 Å². The number of para-hydroxylation sites is 1. The van der Waals surface area contributed by atoms with Gasteiger partial charge < -0.3 is 4.74 Å². The Bertz CT molecular complexity index is 1080. The SMILES string of the molecule is [2H]C([2H])([2H])c1ccc(-c2c(C)ccc3c2Oc2ccccc2C3(C)C)[n+](C)c1. The third-order valence-corrected chi connectivity index (χ3v) is 5.20. The van der Waals surface area contributed by atoms with Crippen molar-refractivity contribution in [2.24, 2.45) is 7.05 Å². The van der Waals surface area contributed by atoms with E-state index < -0.39 is 6.85 Å². The molecule has 0 amide bonds. The molecule has 0 saturated heterocycles. The minimum atomic E-state index is -2.13. The van der Waals surface area contributed by atoms with Crippen molar-refractivity contribution < 1.29 is 13.4 Å². The van der Waals surface area contributed by atoms with Gasteiger partial charge in [-0.15, -0.1) is 0 Å². The summed E-state index contributed by atoms with van der Waals surface area (Å²) in [6, 6.07) is 16.0. The van der Waals surface area contributed by atoms with E-state index in [4.69, 9.17) is 8.85 Å². The summed E-state index contributed by atoms with van der Waals surface area (Å²) >= 11 is 0. The first-order valence-electron chi connectivity index (χ1n) is 10.0. The highest BCUT2D eigenvalue weighted by Gasteiger charge is 2.36. The highest BCUT2D eigenvalue weighted by Crippen LogP contribution is 2.51. The van der Waals surface area contributed by atoms with Crippen LogP contribution in [0.1, 0.15) is 40.2 Å². The van der Waals surface area contributed by atoms with E-state index in [1.54, 1.807) is 12.3 Å². The van der Waals surface area contributed by atoms with E-state index in [2.05, 4.69) is 39.0 Å². The summed E-state index contributed by atoms with van der Waals surface area (Å²) in [6.45, 7) is 4.36. The summed E-state index contributed by atoms with van der Waals surface area (Å²) in [4.78, 5) is 0. The van der Waals surface area contributed by atoms with Gasteiger partial charge in [0.2, 0.25) is 5.69 Å². The molecule has 2 heteroatoms. The Balaban J connectivity index is 1.95.